The maximum Gasteiger partial charge on any atom is 0.241 e. The van der Waals surface area contributed by atoms with Crippen LogP contribution in [0.3, 0.4) is 0 Å². The molecule has 0 saturated carbocycles. The Hall–Kier alpha value is -3.03. The maximum absolute atomic E-state index is 13.2. The zero-order chi connectivity index (χ0) is 22.8. The van der Waals surface area contributed by atoms with Crippen molar-refractivity contribution in [3.63, 3.8) is 0 Å². The van der Waals surface area contributed by atoms with E-state index in [1.165, 1.54) is 20.3 Å². The summed E-state index contributed by atoms with van der Waals surface area (Å²) in [7, 11) is -0.959. The number of hydrogen-bond acceptors (Lipinski definition) is 5. The molecule has 0 amide bonds. The molecule has 3 aromatic carbocycles. The minimum atomic E-state index is -3.90. The average Bonchev–Trinajstić information content (AvgIpc) is 2.71. The second-order valence-corrected chi connectivity index (χ2v) is 9.26. The topological polar surface area (TPSA) is 84.9 Å². The first kappa shape index (κ1) is 22.7. The van der Waals surface area contributed by atoms with Gasteiger partial charge in [0.2, 0.25) is 10.0 Å². The molecule has 1 atom stereocenters. The highest BCUT2D eigenvalue weighted by Gasteiger charge is 2.29. The number of aryl methyl sites for hydroxylation is 3. The van der Waals surface area contributed by atoms with Gasteiger partial charge in [-0.1, -0.05) is 47.0 Å². The Morgan fingerprint density at radius 3 is 2.00 bits per heavy atom. The van der Waals surface area contributed by atoms with Crippen molar-refractivity contribution in [2.75, 3.05) is 14.2 Å². The van der Waals surface area contributed by atoms with Crippen LogP contribution in [-0.2, 0) is 10.0 Å². The highest BCUT2D eigenvalue weighted by Crippen LogP contribution is 2.41. The summed E-state index contributed by atoms with van der Waals surface area (Å²) in [6.45, 7) is 5.77. The quantitative estimate of drug-likeness (QED) is 0.568. The Morgan fingerprint density at radius 2 is 1.45 bits per heavy atom. The fourth-order valence-corrected chi connectivity index (χ4v) is 4.77. The minimum Gasteiger partial charge on any atom is -0.507 e. The van der Waals surface area contributed by atoms with Gasteiger partial charge in [-0.25, -0.2) is 8.42 Å². The lowest BCUT2D eigenvalue weighted by atomic mass is 9.95. The molecule has 3 aromatic rings. The van der Waals surface area contributed by atoms with E-state index in [1.807, 2.05) is 39.0 Å². The Bertz CT molecular complexity index is 1170. The smallest absolute Gasteiger partial charge is 0.241 e. The van der Waals surface area contributed by atoms with Crippen molar-refractivity contribution in [1.82, 2.24) is 4.72 Å². The molecule has 0 aliphatic carbocycles. The van der Waals surface area contributed by atoms with Crippen molar-refractivity contribution in [1.29, 1.82) is 0 Å². The van der Waals surface area contributed by atoms with E-state index < -0.39 is 16.1 Å². The van der Waals surface area contributed by atoms with Gasteiger partial charge in [-0.2, -0.15) is 4.72 Å². The second-order valence-electron chi connectivity index (χ2n) is 7.55. The fraction of sp³-hybridized carbons (Fsp3) is 0.250. The molecular formula is C24H27NO5S. The number of ether oxygens (including phenoxy) is 2. The largest absolute Gasteiger partial charge is 0.507 e. The first-order valence-corrected chi connectivity index (χ1v) is 11.2. The minimum absolute atomic E-state index is 0.132. The molecule has 0 radical (unpaired) electrons. The number of phenols is 1. The first-order chi connectivity index (χ1) is 14.6. The van der Waals surface area contributed by atoms with Crippen LogP contribution in [-0.4, -0.2) is 27.7 Å². The van der Waals surface area contributed by atoms with Gasteiger partial charge in [-0.3, -0.25) is 0 Å². The summed E-state index contributed by atoms with van der Waals surface area (Å²) in [6.07, 6.45) is 0. The summed E-state index contributed by atoms with van der Waals surface area (Å²) >= 11 is 0. The fourth-order valence-electron chi connectivity index (χ4n) is 3.58. The number of nitrogens with one attached hydrogen (secondary N) is 1. The van der Waals surface area contributed by atoms with Crippen molar-refractivity contribution in [3.8, 4) is 17.2 Å². The zero-order valence-electron chi connectivity index (χ0n) is 18.3. The molecule has 2 N–H and O–H groups in total. The van der Waals surface area contributed by atoms with Crippen LogP contribution in [0.1, 0.15) is 33.9 Å². The summed E-state index contributed by atoms with van der Waals surface area (Å²) < 4.78 is 40.0. The third-order valence-corrected chi connectivity index (χ3v) is 6.46. The van der Waals surface area contributed by atoms with E-state index in [1.54, 1.807) is 30.3 Å². The normalized spacial score (nSPS) is 12.4. The third kappa shape index (κ3) is 5.00. The van der Waals surface area contributed by atoms with E-state index in [0.717, 1.165) is 16.7 Å². The summed E-state index contributed by atoms with van der Waals surface area (Å²) in [6, 6.07) is 14.5. The van der Waals surface area contributed by atoms with Gasteiger partial charge < -0.3 is 14.6 Å². The molecule has 0 aliphatic rings. The SMILES string of the molecule is COc1cc(O)c(C(NS(=O)(=O)c2ccc(C)cc2)c2cc(C)cc(C)c2)c(OC)c1. The number of benzene rings is 3. The molecule has 3 rings (SSSR count). The van der Waals surface area contributed by atoms with Crippen LogP contribution in [0.5, 0.6) is 17.2 Å². The molecule has 0 heterocycles. The number of methoxy groups -OCH3 is 2. The zero-order valence-corrected chi connectivity index (χ0v) is 19.1. The Balaban J connectivity index is 2.20. The van der Waals surface area contributed by atoms with Crippen molar-refractivity contribution in [3.05, 3.63) is 82.4 Å². The van der Waals surface area contributed by atoms with E-state index in [4.69, 9.17) is 9.47 Å². The van der Waals surface area contributed by atoms with Gasteiger partial charge in [0.15, 0.2) is 0 Å². The number of aromatic hydroxyl groups is 1. The van der Waals surface area contributed by atoms with Gasteiger partial charge in [0, 0.05) is 12.1 Å². The number of phenolic OH excluding ortho intramolecular Hbond substituents is 1. The van der Waals surface area contributed by atoms with Crippen LogP contribution in [0, 0.1) is 20.8 Å². The average molecular weight is 442 g/mol. The summed E-state index contributed by atoms with van der Waals surface area (Å²) in [5.74, 6) is 0.582. The third-order valence-electron chi connectivity index (χ3n) is 5.02. The predicted octanol–water partition coefficient (Wildman–Crippen LogP) is 4.40. The Kier molecular flexibility index (Phi) is 6.57. The van der Waals surface area contributed by atoms with Crippen LogP contribution in [0.2, 0.25) is 0 Å². The van der Waals surface area contributed by atoms with Gasteiger partial charge in [-0.15, -0.1) is 0 Å². The molecule has 0 aromatic heterocycles. The number of rotatable bonds is 7. The van der Waals surface area contributed by atoms with Gasteiger partial charge in [0.1, 0.15) is 17.2 Å². The van der Waals surface area contributed by atoms with Gasteiger partial charge in [0.05, 0.1) is 30.7 Å². The molecule has 0 fully saturated rings. The van der Waals surface area contributed by atoms with E-state index in [2.05, 4.69) is 4.72 Å². The molecule has 6 nitrogen and oxygen atoms in total. The second kappa shape index (κ2) is 8.99. The highest BCUT2D eigenvalue weighted by atomic mass is 32.2. The monoisotopic (exact) mass is 441 g/mol. The Morgan fingerprint density at radius 1 is 0.839 bits per heavy atom. The lowest BCUT2D eigenvalue weighted by Gasteiger charge is -2.24. The van der Waals surface area contributed by atoms with Crippen LogP contribution in [0.25, 0.3) is 0 Å². The highest BCUT2D eigenvalue weighted by molar-refractivity contribution is 7.89. The molecule has 1 unspecified atom stereocenters. The van der Waals surface area contributed by atoms with E-state index in [-0.39, 0.29) is 10.6 Å². The van der Waals surface area contributed by atoms with Crippen molar-refractivity contribution >= 4 is 10.0 Å². The Labute approximate surface area is 183 Å². The summed E-state index contributed by atoms with van der Waals surface area (Å²) in [4.78, 5) is 0.138. The standard InChI is InChI=1S/C24H27NO5S/c1-15-6-8-20(9-7-15)31(27,28)25-24(18-11-16(2)10-17(3)12-18)23-21(26)13-19(29-4)14-22(23)30-5/h6-14,24-26H,1-5H3. The van der Waals surface area contributed by atoms with Gasteiger partial charge >= 0.3 is 0 Å². The van der Waals surface area contributed by atoms with E-state index in [9.17, 15) is 13.5 Å². The van der Waals surface area contributed by atoms with Crippen LogP contribution in [0.15, 0.2) is 59.5 Å². The number of hydrogen-bond donors (Lipinski definition) is 2. The maximum atomic E-state index is 13.2. The molecule has 164 valence electrons. The predicted molar refractivity (Wildman–Crippen MR) is 120 cm³/mol. The van der Waals surface area contributed by atoms with Gasteiger partial charge in [-0.05, 0) is 38.5 Å². The molecule has 0 spiro atoms. The van der Waals surface area contributed by atoms with E-state index in [0.29, 0.717) is 22.6 Å². The molecule has 0 bridgehead atoms. The summed E-state index contributed by atoms with van der Waals surface area (Å²) in [5.41, 5.74) is 3.90. The molecular weight excluding hydrogens is 414 g/mol. The lowest BCUT2D eigenvalue weighted by Crippen LogP contribution is -2.30. The van der Waals surface area contributed by atoms with Crippen molar-refractivity contribution in [2.24, 2.45) is 0 Å². The van der Waals surface area contributed by atoms with Crippen molar-refractivity contribution in [2.45, 2.75) is 31.7 Å². The number of sulfonamides is 1. The molecule has 0 saturated heterocycles. The van der Waals surface area contributed by atoms with Crippen LogP contribution in [0.4, 0.5) is 0 Å². The van der Waals surface area contributed by atoms with Gasteiger partial charge in [0.25, 0.3) is 0 Å². The first-order valence-electron chi connectivity index (χ1n) is 9.76. The van der Waals surface area contributed by atoms with E-state index >= 15 is 0 Å². The van der Waals surface area contributed by atoms with Crippen molar-refractivity contribution < 1.29 is 23.0 Å². The van der Waals surface area contributed by atoms with Crippen LogP contribution < -0.4 is 14.2 Å². The molecule has 7 heteroatoms. The van der Waals surface area contributed by atoms with Crippen LogP contribution >= 0.6 is 0 Å². The molecule has 31 heavy (non-hydrogen) atoms. The lowest BCUT2D eigenvalue weighted by molar-refractivity contribution is 0.376. The summed E-state index contributed by atoms with van der Waals surface area (Å²) in [5, 5.41) is 10.8. The molecule has 0 aliphatic heterocycles.